The number of rotatable bonds is 4. The molecule has 18 heavy (non-hydrogen) atoms. The van der Waals surface area contributed by atoms with Crippen LogP contribution in [0.25, 0.3) is 6.08 Å². The molecule has 0 aliphatic rings. The van der Waals surface area contributed by atoms with Crippen molar-refractivity contribution < 1.29 is 4.55 Å². The van der Waals surface area contributed by atoms with Crippen LogP contribution in [0, 0.1) is 0 Å². The first-order valence-corrected chi connectivity index (χ1v) is 8.25. The molecule has 1 nitrogen and oxygen atoms in total. The summed E-state index contributed by atoms with van der Waals surface area (Å²) in [5.41, 5.74) is 1.91. The van der Waals surface area contributed by atoms with Crippen molar-refractivity contribution in [1.29, 1.82) is 0 Å². The fourth-order valence-electron chi connectivity index (χ4n) is 1.36. The Morgan fingerprint density at radius 3 is 2.78 bits per heavy atom. The number of hydrogen-bond donors (Lipinski definition) is 0. The lowest BCUT2D eigenvalue weighted by Crippen LogP contribution is -2.00. The van der Waals surface area contributed by atoms with Gasteiger partial charge in [0, 0.05) is 15.6 Å². The molecule has 1 aromatic carbocycles. The molecule has 2 rings (SSSR count). The Morgan fingerprint density at radius 2 is 2.11 bits per heavy atom. The predicted octanol–water partition coefficient (Wildman–Crippen LogP) is 4.97. The first-order chi connectivity index (χ1) is 8.65. The van der Waals surface area contributed by atoms with Gasteiger partial charge in [-0.05, 0) is 51.8 Å². The van der Waals surface area contributed by atoms with E-state index < -0.39 is 11.2 Å². The molecule has 2 aromatic rings. The zero-order valence-corrected chi connectivity index (χ0v) is 12.5. The number of thiophene rings is 1. The van der Waals surface area contributed by atoms with Gasteiger partial charge in [-0.15, -0.1) is 0 Å². The van der Waals surface area contributed by atoms with Crippen molar-refractivity contribution in [2.45, 2.75) is 5.75 Å². The second-order valence-electron chi connectivity index (χ2n) is 3.62. The summed E-state index contributed by atoms with van der Waals surface area (Å²) in [4.78, 5) is 0. The van der Waals surface area contributed by atoms with Gasteiger partial charge in [-0.2, -0.15) is 11.3 Å². The minimum Gasteiger partial charge on any atom is -0.612 e. The average molecular weight is 317 g/mol. The SMILES string of the molecule is [O-][S+](C=Cc1ccsc1)Cc1ccc(Cl)cc1Cl. The van der Waals surface area contributed by atoms with E-state index in [2.05, 4.69) is 0 Å². The van der Waals surface area contributed by atoms with Crippen LogP contribution in [-0.2, 0) is 16.9 Å². The molecule has 0 saturated carbocycles. The van der Waals surface area contributed by atoms with E-state index in [0.29, 0.717) is 15.8 Å². The molecule has 0 radical (unpaired) electrons. The highest BCUT2D eigenvalue weighted by molar-refractivity contribution is 7.93. The molecule has 0 bridgehead atoms. The van der Waals surface area contributed by atoms with Gasteiger partial charge < -0.3 is 4.55 Å². The first kappa shape index (κ1) is 14.0. The molecule has 1 unspecified atom stereocenters. The Kier molecular flexibility index (Phi) is 5.15. The summed E-state index contributed by atoms with van der Waals surface area (Å²) in [6.07, 6.45) is 1.86. The van der Waals surface area contributed by atoms with Crippen molar-refractivity contribution in [3.63, 3.8) is 0 Å². The van der Waals surface area contributed by atoms with Gasteiger partial charge in [-0.25, -0.2) is 0 Å². The van der Waals surface area contributed by atoms with Crippen molar-refractivity contribution in [2.24, 2.45) is 0 Å². The van der Waals surface area contributed by atoms with Gasteiger partial charge >= 0.3 is 0 Å². The van der Waals surface area contributed by atoms with Gasteiger partial charge in [0.1, 0.15) is 11.2 Å². The quantitative estimate of drug-likeness (QED) is 0.730. The van der Waals surface area contributed by atoms with Gasteiger partial charge in [0.2, 0.25) is 0 Å². The van der Waals surface area contributed by atoms with E-state index in [9.17, 15) is 4.55 Å². The number of halogens is 2. The maximum atomic E-state index is 11.9. The molecule has 0 saturated heterocycles. The normalized spacial score (nSPS) is 13.1. The van der Waals surface area contributed by atoms with Crippen molar-refractivity contribution in [2.75, 3.05) is 0 Å². The summed E-state index contributed by atoms with van der Waals surface area (Å²) in [5, 5.41) is 6.82. The standard InChI is InChI=1S/C13H10Cl2OS2/c14-12-2-1-11(13(15)7-12)9-18(16)6-4-10-3-5-17-8-10/h1-8H,9H2. The lowest BCUT2D eigenvalue weighted by Gasteiger charge is -2.07. The fourth-order valence-corrected chi connectivity index (χ4v) is 3.51. The minimum absolute atomic E-state index is 0.399. The molecule has 1 heterocycles. The largest absolute Gasteiger partial charge is 0.612 e. The third kappa shape index (κ3) is 4.04. The molecule has 0 amide bonds. The highest BCUT2D eigenvalue weighted by Crippen LogP contribution is 2.23. The summed E-state index contributed by atoms with van der Waals surface area (Å²) in [7, 11) is 0. The van der Waals surface area contributed by atoms with E-state index in [4.69, 9.17) is 23.2 Å². The van der Waals surface area contributed by atoms with Crippen LogP contribution in [0.15, 0.2) is 40.4 Å². The molecular weight excluding hydrogens is 307 g/mol. The van der Waals surface area contributed by atoms with Crippen LogP contribution >= 0.6 is 34.5 Å². The van der Waals surface area contributed by atoms with Crippen LogP contribution in [0.3, 0.4) is 0 Å². The Balaban J connectivity index is 2.00. The van der Waals surface area contributed by atoms with Crippen LogP contribution < -0.4 is 0 Å². The number of hydrogen-bond acceptors (Lipinski definition) is 2. The van der Waals surface area contributed by atoms with Crippen molar-refractivity contribution in [1.82, 2.24) is 0 Å². The lowest BCUT2D eigenvalue weighted by atomic mass is 10.2. The van der Waals surface area contributed by atoms with Crippen LogP contribution in [0.5, 0.6) is 0 Å². The highest BCUT2D eigenvalue weighted by atomic mass is 35.5. The smallest absolute Gasteiger partial charge is 0.137 e. The monoisotopic (exact) mass is 316 g/mol. The molecule has 0 N–H and O–H groups in total. The maximum absolute atomic E-state index is 11.9. The summed E-state index contributed by atoms with van der Waals surface area (Å²) in [5.74, 6) is 0.399. The molecule has 1 atom stereocenters. The zero-order valence-electron chi connectivity index (χ0n) is 9.31. The Morgan fingerprint density at radius 1 is 1.28 bits per heavy atom. The molecular formula is C13H10Cl2OS2. The third-order valence-corrected chi connectivity index (χ3v) is 4.59. The highest BCUT2D eigenvalue weighted by Gasteiger charge is 2.08. The van der Waals surface area contributed by atoms with Crippen LogP contribution in [0.2, 0.25) is 10.0 Å². The summed E-state index contributed by atoms with van der Waals surface area (Å²) >= 11 is 12.4. The molecule has 5 heteroatoms. The van der Waals surface area contributed by atoms with E-state index in [1.165, 1.54) is 0 Å². The Bertz CT molecular complexity index is 538. The molecule has 0 spiro atoms. The average Bonchev–Trinajstić information content (AvgIpc) is 2.83. The Labute approximate surface area is 123 Å². The zero-order chi connectivity index (χ0) is 13.0. The maximum Gasteiger partial charge on any atom is 0.137 e. The van der Waals surface area contributed by atoms with E-state index in [0.717, 1.165) is 11.1 Å². The van der Waals surface area contributed by atoms with Crippen LogP contribution in [0.4, 0.5) is 0 Å². The topological polar surface area (TPSA) is 23.1 Å². The van der Waals surface area contributed by atoms with Crippen LogP contribution in [-0.4, -0.2) is 4.55 Å². The first-order valence-electron chi connectivity index (χ1n) is 5.16. The van der Waals surface area contributed by atoms with Crippen LogP contribution in [0.1, 0.15) is 11.1 Å². The molecule has 0 fully saturated rings. The molecule has 94 valence electrons. The van der Waals surface area contributed by atoms with Crippen molar-refractivity contribution in [3.05, 3.63) is 61.6 Å². The van der Waals surface area contributed by atoms with E-state index in [1.54, 1.807) is 34.9 Å². The molecule has 0 aliphatic heterocycles. The van der Waals surface area contributed by atoms with Crippen molar-refractivity contribution >= 4 is 51.8 Å². The van der Waals surface area contributed by atoms with E-state index >= 15 is 0 Å². The van der Waals surface area contributed by atoms with Gasteiger partial charge in [0.25, 0.3) is 0 Å². The predicted molar refractivity (Wildman–Crippen MR) is 81.7 cm³/mol. The summed E-state index contributed by atoms with van der Waals surface area (Å²) in [6.45, 7) is 0. The molecule has 1 aromatic heterocycles. The second kappa shape index (κ2) is 6.64. The minimum atomic E-state index is -1.08. The molecule has 0 aliphatic carbocycles. The van der Waals surface area contributed by atoms with Gasteiger partial charge in [-0.3, -0.25) is 0 Å². The lowest BCUT2D eigenvalue weighted by molar-refractivity contribution is 0.603. The van der Waals surface area contributed by atoms with E-state index in [1.807, 2.05) is 22.9 Å². The third-order valence-electron chi connectivity index (χ3n) is 2.27. The summed E-state index contributed by atoms with van der Waals surface area (Å²) < 4.78 is 11.9. The van der Waals surface area contributed by atoms with Gasteiger partial charge in [-0.1, -0.05) is 29.3 Å². The van der Waals surface area contributed by atoms with E-state index in [-0.39, 0.29) is 0 Å². The van der Waals surface area contributed by atoms with Gasteiger partial charge in [0.05, 0.1) is 0 Å². The Hall–Kier alpha value is -0.450. The van der Waals surface area contributed by atoms with Crippen molar-refractivity contribution in [3.8, 4) is 0 Å². The fraction of sp³-hybridized carbons (Fsp3) is 0.0769. The van der Waals surface area contributed by atoms with Gasteiger partial charge in [0.15, 0.2) is 0 Å². The second-order valence-corrected chi connectivity index (χ2v) is 6.57. The number of benzene rings is 1. The summed E-state index contributed by atoms with van der Waals surface area (Å²) in [6, 6.07) is 7.20.